The number of likely N-dealkylation sites (tertiary alicyclic amines) is 1. The van der Waals surface area contributed by atoms with Crippen molar-refractivity contribution in [2.45, 2.75) is 58.4 Å². The monoisotopic (exact) mass is 308 g/mol. The van der Waals surface area contributed by atoms with Gasteiger partial charge in [0.05, 0.1) is 0 Å². The molecule has 0 bridgehead atoms. The Labute approximate surface area is 135 Å². The van der Waals surface area contributed by atoms with Gasteiger partial charge in [-0.3, -0.25) is 4.90 Å². The molecule has 1 aromatic heterocycles. The Hall–Kier alpha value is -0.380. The number of rotatable bonds is 10. The number of hydrogen-bond acceptors (Lipinski definition) is 3. The zero-order chi connectivity index (χ0) is 14.8. The number of piperidine rings is 1. The number of hydrogen-bond donors (Lipinski definition) is 0. The lowest BCUT2D eigenvalue weighted by molar-refractivity contribution is 0.222. The standard InChI is InChI=1S/C18H32N2S/c1-2-19(17-18-11-10-16-21-18)12-6-3-4-7-13-20-14-8-5-9-15-20/h10-11,16H,2-9,12-15,17H2,1H3. The van der Waals surface area contributed by atoms with Crippen molar-refractivity contribution >= 4 is 11.3 Å². The minimum absolute atomic E-state index is 1.14. The van der Waals surface area contributed by atoms with Gasteiger partial charge in [-0.05, 0) is 69.9 Å². The first-order valence-electron chi connectivity index (χ1n) is 8.85. The average Bonchev–Trinajstić information content (AvgIpc) is 3.03. The summed E-state index contributed by atoms with van der Waals surface area (Å²) in [5.74, 6) is 0. The van der Waals surface area contributed by atoms with E-state index in [1.807, 2.05) is 11.3 Å². The summed E-state index contributed by atoms with van der Waals surface area (Å²) in [6, 6.07) is 4.42. The highest BCUT2D eigenvalue weighted by atomic mass is 32.1. The van der Waals surface area contributed by atoms with Crippen LogP contribution in [0, 0.1) is 0 Å². The molecule has 1 fully saturated rings. The lowest BCUT2D eigenvalue weighted by atomic mass is 10.1. The fourth-order valence-electron chi connectivity index (χ4n) is 3.18. The van der Waals surface area contributed by atoms with E-state index in [-0.39, 0.29) is 0 Å². The van der Waals surface area contributed by atoms with Crippen molar-refractivity contribution in [3.05, 3.63) is 22.4 Å². The SMILES string of the molecule is CCN(CCCCCCN1CCCCC1)Cc1cccs1. The molecule has 0 spiro atoms. The topological polar surface area (TPSA) is 6.48 Å². The Morgan fingerprint density at radius 2 is 1.90 bits per heavy atom. The number of unbranched alkanes of at least 4 members (excludes halogenated alkanes) is 3. The molecule has 0 amide bonds. The van der Waals surface area contributed by atoms with Gasteiger partial charge in [-0.15, -0.1) is 11.3 Å². The molecular weight excluding hydrogens is 276 g/mol. The van der Waals surface area contributed by atoms with Gasteiger partial charge >= 0.3 is 0 Å². The first-order chi connectivity index (χ1) is 10.4. The minimum atomic E-state index is 1.14. The van der Waals surface area contributed by atoms with E-state index in [4.69, 9.17) is 0 Å². The van der Waals surface area contributed by atoms with Crippen molar-refractivity contribution < 1.29 is 0 Å². The van der Waals surface area contributed by atoms with Gasteiger partial charge in [-0.1, -0.05) is 32.3 Å². The maximum absolute atomic E-state index is 2.67. The van der Waals surface area contributed by atoms with Crippen LogP contribution in [0.3, 0.4) is 0 Å². The van der Waals surface area contributed by atoms with Gasteiger partial charge in [-0.25, -0.2) is 0 Å². The van der Waals surface area contributed by atoms with Crippen molar-refractivity contribution in [3.63, 3.8) is 0 Å². The Morgan fingerprint density at radius 1 is 1.10 bits per heavy atom. The molecule has 0 aliphatic carbocycles. The number of nitrogens with zero attached hydrogens (tertiary/aromatic N) is 2. The lowest BCUT2D eigenvalue weighted by Crippen LogP contribution is -2.30. The third-order valence-electron chi connectivity index (χ3n) is 4.55. The summed E-state index contributed by atoms with van der Waals surface area (Å²) in [5.41, 5.74) is 0. The highest BCUT2D eigenvalue weighted by Crippen LogP contribution is 2.13. The van der Waals surface area contributed by atoms with E-state index in [0.29, 0.717) is 0 Å². The second-order valence-corrected chi connectivity index (χ2v) is 7.30. The molecule has 0 aromatic carbocycles. The summed E-state index contributed by atoms with van der Waals surface area (Å²) in [7, 11) is 0. The fourth-order valence-corrected chi connectivity index (χ4v) is 3.93. The van der Waals surface area contributed by atoms with Crippen LogP contribution in [-0.4, -0.2) is 42.5 Å². The first kappa shape index (κ1) is 17.0. The summed E-state index contributed by atoms with van der Waals surface area (Å²) in [6.45, 7) is 9.90. The predicted molar refractivity (Wildman–Crippen MR) is 94.0 cm³/mol. The lowest BCUT2D eigenvalue weighted by Gasteiger charge is -2.26. The van der Waals surface area contributed by atoms with E-state index >= 15 is 0 Å². The smallest absolute Gasteiger partial charge is 0.0327 e. The summed E-state index contributed by atoms with van der Waals surface area (Å²) in [4.78, 5) is 6.75. The van der Waals surface area contributed by atoms with Gasteiger partial charge in [-0.2, -0.15) is 0 Å². The molecule has 0 atom stereocenters. The zero-order valence-electron chi connectivity index (χ0n) is 13.7. The van der Waals surface area contributed by atoms with E-state index in [1.165, 1.54) is 82.5 Å². The van der Waals surface area contributed by atoms with Crippen LogP contribution in [0.1, 0.15) is 56.7 Å². The molecule has 120 valence electrons. The third-order valence-corrected chi connectivity index (χ3v) is 5.42. The van der Waals surface area contributed by atoms with E-state index in [0.717, 1.165) is 6.54 Å². The highest BCUT2D eigenvalue weighted by Gasteiger charge is 2.09. The van der Waals surface area contributed by atoms with Crippen LogP contribution in [0.15, 0.2) is 17.5 Å². The quantitative estimate of drug-likeness (QED) is 0.582. The molecule has 1 aliphatic heterocycles. The highest BCUT2D eigenvalue weighted by molar-refractivity contribution is 7.09. The van der Waals surface area contributed by atoms with Gasteiger partial charge in [0.25, 0.3) is 0 Å². The van der Waals surface area contributed by atoms with Gasteiger partial charge < -0.3 is 4.90 Å². The maximum Gasteiger partial charge on any atom is 0.0327 e. The van der Waals surface area contributed by atoms with Crippen molar-refractivity contribution in [2.75, 3.05) is 32.7 Å². The molecular formula is C18H32N2S. The molecule has 2 nitrogen and oxygen atoms in total. The zero-order valence-corrected chi connectivity index (χ0v) is 14.5. The normalized spacial score (nSPS) is 16.7. The second-order valence-electron chi connectivity index (χ2n) is 6.26. The molecule has 0 saturated carbocycles. The van der Waals surface area contributed by atoms with Gasteiger partial charge in [0.2, 0.25) is 0 Å². The second kappa shape index (κ2) is 10.4. The van der Waals surface area contributed by atoms with Crippen LogP contribution in [0.4, 0.5) is 0 Å². The molecule has 3 heteroatoms. The van der Waals surface area contributed by atoms with Crippen LogP contribution >= 0.6 is 11.3 Å². The molecule has 2 rings (SSSR count). The van der Waals surface area contributed by atoms with Gasteiger partial charge in [0.15, 0.2) is 0 Å². The molecule has 2 heterocycles. The Balaban J connectivity index is 1.48. The first-order valence-corrected chi connectivity index (χ1v) is 9.73. The van der Waals surface area contributed by atoms with Crippen molar-refractivity contribution in [2.24, 2.45) is 0 Å². The molecule has 1 aromatic rings. The summed E-state index contributed by atoms with van der Waals surface area (Å²) in [6.07, 6.45) is 9.87. The van der Waals surface area contributed by atoms with Crippen molar-refractivity contribution in [1.82, 2.24) is 9.80 Å². The van der Waals surface area contributed by atoms with E-state index in [2.05, 4.69) is 34.2 Å². The molecule has 0 N–H and O–H groups in total. The Bertz CT molecular complexity index is 344. The van der Waals surface area contributed by atoms with Crippen LogP contribution in [0.25, 0.3) is 0 Å². The minimum Gasteiger partial charge on any atom is -0.303 e. The van der Waals surface area contributed by atoms with Crippen LogP contribution in [-0.2, 0) is 6.54 Å². The average molecular weight is 309 g/mol. The molecule has 1 saturated heterocycles. The van der Waals surface area contributed by atoms with Crippen molar-refractivity contribution in [3.8, 4) is 0 Å². The molecule has 0 unspecified atom stereocenters. The predicted octanol–water partition coefficient (Wildman–Crippen LogP) is 4.62. The molecule has 1 aliphatic rings. The van der Waals surface area contributed by atoms with E-state index in [1.54, 1.807) is 0 Å². The summed E-state index contributed by atoms with van der Waals surface area (Å²) in [5, 5.41) is 2.18. The molecule has 0 radical (unpaired) electrons. The van der Waals surface area contributed by atoms with Gasteiger partial charge in [0, 0.05) is 11.4 Å². The van der Waals surface area contributed by atoms with E-state index in [9.17, 15) is 0 Å². The summed E-state index contributed by atoms with van der Waals surface area (Å²) >= 11 is 1.88. The van der Waals surface area contributed by atoms with Gasteiger partial charge in [0.1, 0.15) is 0 Å². The summed E-state index contributed by atoms with van der Waals surface area (Å²) < 4.78 is 0. The number of thiophene rings is 1. The molecule has 21 heavy (non-hydrogen) atoms. The Kier molecular flexibility index (Phi) is 8.38. The van der Waals surface area contributed by atoms with E-state index < -0.39 is 0 Å². The van der Waals surface area contributed by atoms with Crippen molar-refractivity contribution in [1.29, 1.82) is 0 Å². The van der Waals surface area contributed by atoms with Crippen LogP contribution in [0.5, 0.6) is 0 Å². The Morgan fingerprint density at radius 3 is 2.62 bits per heavy atom. The largest absolute Gasteiger partial charge is 0.303 e. The third kappa shape index (κ3) is 6.94. The van der Waals surface area contributed by atoms with Crippen LogP contribution in [0.2, 0.25) is 0 Å². The maximum atomic E-state index is 2.67. The van der Waals surface area contributed by atoms with Crippen LogP contribution < -0.4 is 0 Å². The fraction of sp³-hybridized carbons (Fsp3) is 0.778.